The number of carbonyl (C=O) groups is 1. The van der Waals surface area contributed by atoms with Crippen LogP contribution in [0.1, 0.15) is 17.3 Å². The molecule has 2 N–H and O–H groups in total. The molecule has 0 fully saturated rings. The van der Waals surface area contributed by atoms with Crippen molar-refractivity contribution in [1.82, 2.24) is 29.3 Å². The molecule has 3 rings (SSSR count). The Balaban J connectivity index is 1.86. The highest BCUT2D eigenvalue weighted by Gasteiger charge is 2.31. The van der Waals surface area contributed by atoms with Crippen LogP contribution in [0.2, 0.25) is 0 Å². The summed E-state index contributed by atoms with van der Waals surface area (Å²) in [5, 5.41) is 10.4. The number of Topliss-reactive ketones (excluding diaryl/α,β-unsaturated/α-hetero) is 1. The molecule has 2 aromatic heterocycles. The number of thioether (sulfide) groups is 1. The van der Waals surface area contributed by atoms with Crippen LogP contribution in [-0.4, -0.2) is 46.7 Å². The molecule has 0 bridgehead atoms. The minimum absolute atomic E-state index is 0.135. The number of ketones is 1. The number of nitrogens with zero attached hydrogens (tertiary/aromatic N) is 6. The molecule has 2 heterocycles. The van der Waals surface area contributed by atoms with Gasteiger partial charge in [0.1, 0.15) is 17.1 Å². The van der Waals surface area contributed by atoms with Gasteiger partial charge in [-0.25, -0.2) is 4.79 Å². The van der Waals surface area contributed by atoms with Crippen molar-refractivity contribution in [2.75, 3.05) is 5.73 Å². The molecule has 0 spiro atoms. The number of aromatic nitrogens is 6. The van der Waals surface area contributed by atoms with Crippen molar-refractivity contribution in [2.24, 2.45) is 14.1 Å². The maximum atomic E-state index is 12.9. The molecule has 1 unspecified atom stereocenters. The quantitative estimate of drug-likeness (QED) is 0.410. The molecule has 170 valence electrons. The van der Waals surface area contributed by atoms with Gasteiger partial charge in [0.2, 0.25) is 5.16 Å². The molecule has 1 aromatic carbocycles. The number of ether oxygens (including phenoxy) is 1. The number of hydrogen-bond acceptors (Lipinski definition) is 9. The standard InChI is InChI=1S/C17H16F3N7O4S/c1-8(12(28)11-13(21)25(2)16(30)26(3)14(11)29)32-15-22-23-24-27(15)9-4-6-10(7-5-9)31-17(18,19)20/h4-8H,21H2,1-3H3. The summed E-state index contributed by atoms with van der Waals surface area (Å²) in [7, 11) is 2.56. The number of carbonyl (C=O) groups excluding carboxylic acids is 1. The molecule has 11 nitrogen and oxygen atoms in total. The minimum Gasteiger partial charge on any atom is -0.406 e. The number of rotatable bonds is 6. The summed E-state index contributed by atoms with van der Waals surface area (Å²) in [6, 6.07) is 4.77. The number of nitrogens with two attached hydrogens (primary N) is 1. The predicted octanol–water partition coefficient (Wildman–Crippen LogP) is 0.904. The molecule has 0 aliphatic rings. The number of anilines is 1. The van der Waals surface area contributed by atoms with E-state index in [4.69, 9.17) is 5.73 Å². The topological polar surface area (TPSA) is 140 Å². The Hall–Kier alpha value is -3.62. The number of nitrogen functional groups attached to an aromatic ring is 1. The van der Waals surface area contributed by atoms with Gasteiger partial charge in [-0.1, -0.05) is 11.8 Å². The van der Waals surface area contributed by atoms with E-state index in [-0.39, 0.29) is 16.5 Å². The van der Waals surface area contributed by atoms with Crippen LogP contribution >= 0.6 is 11.8 Å². The Labute approximate surface area is 181 Å². The average Bonchev–Trinajstić information content (AvgIpc) is 3.18. The second kappa shape index (κ2) is 8.49. The van der Waals surface area contributed by atoms with Gasteiger partial charge in [-0.2, -0.15) is 4.68 Å². The van der Waals surface area contributed by atoms with Crippen LogP contribution in [0.15, 0.2) is 39.0 Å². The molecule has 0 saturated heterocycles. The summed E-state index contributed by atoms with van der Waals surface area (Å²) >= 11 is 0.897. The van der Waals surface area contributed by atoms with E-state index in [1.165, 1.54) is 37.8 Å². The van der Waals surface area contributed by atoms with Gasteiger partial charge in [0.15, 0.2) is 5.78 Å². The smallest absolute Gasteiger partial charge is 0.406 e. The molecule has 0 amide bonds. The first-order valence-electron chi connectivity index (χ1n) is 8.81. The van der Waals surface area contributed by atoms with Crippen LogP contribution in [-0.2, 0) is 14.1 Å². The fraction of sp³-hybridized carbons (Fsp3) is 0.294. The lowest BCUT2D eigenvalue weighted by Gasteiger charge is -2.14. The maximum Gasteiger partial charge on any atom is 0.573 e. The molecule has 1 atom stereocenters. The molecule has 0 radical (unpaired) electrons. The molecule has 0 saturated carbocycles. The van der Waals surface area contributed by atoms with Crippen LogP contribution < -0.4 is 21.7 Å². The number of benzene rings is 1. The molecular weight excluding hydrogens is 455 g/mol. The highest BCUT2D eigenvalue weighted by Crippen LogP contribution is 2.27. The highest BCUT2D eigenvalue weighted by molar-refractivity contribution is 8.00. The Bertz CT molecular complexity index is 1280. The van der Waals surface area contributed by atoms with Crippen molar-refractivity contribution in [1.29, 1.82) is 0 Å². The molecule has 3 aromatic rings. The highest BCUT2D eigenvalue weighted by atomic mass is 32.2. The molecule has 15 heteroatoms. The number of alkyl halides is 3. The van der Waals surface area contributed by atoms with E-state index in [9.17, 15) is 27.6 Å². The van der Waals surface area contributed by atoms with Crippen LogP contribution in [0.4, 0.5) is 19.0 Å². The summed E-state index contributed by atoms with van der Waals surface area (Å²) in [4.78, 5) is 37.3. The van der Waals surface area contributed by atoms with E-state index >= 15 is 0 Å². The number of tetrazole rings is 1. The maximum absolute atomic E-state index is 12.9. The first-order valence-corrected chi connectivity index (χ1v) is 9.69. The minimum atomic E-state index is -4.83. The first kappa shape index (κ1) is 23.1. The van der Waals surface area contributed by atoms with Crippen molar-refractivity contribution < 1.29 is 22.7 Å². The Morgan fingerprint density at radius 3 is 2.38 bits per heavy atom. The zero-order valence-corrected chi connectivity index (χ0v) is 17.6. The third-order valence-electron chi connectivity index (χ3n) is 4.36. The normalized spacial score (nSPS) is 12.6. The van der Waals surface area contributed by atoms with E-state index in [0.29, 0.717) is 5.69 Å². The average molecular weight is 471 g/mol. The third-order valence-corrected chi connectivity index (χ3v) is 5.40. The van der Waals surface area contributed by atoms with Gasteiger partial charge in [0, 0.05) is 14.1 Å². The lowest BCUT2D eigenvalue weighted by atomic mass is 10.1. The van der Waals surface area contributed by atoms with Gasteiger partial charge in [0.25, 0.3) is 5.56 Å². The summed E-state index contributed by atoms with van der Waals surface area (Å²) < 4.78 is 43.7. The summed E-state index contributed by atoms with van der Waals surface area (Å²) in [6.07, 6.45) is -4.83. The van der Waals surface area contributed by atoms with Gasteiger partial charge >= 0.3 is 12.1 Å². The summed E-state index contributed by atoms with van der Waals surface area (Å²) in [5.41, 5.74) is 4.29. The largest absolute Gasteiger partial charge is 0.573 e. The molecule has 0 aliphatic carbocycles. The van der Waals surface area contributed by atoms with E-state index in [2.05, 4.69) is 20.3 Å². The van der Waals surface area contributed by atoms with E-state index < -0.39 is 34.4 Å². The van der Waals surface area contributed by atoms with Crippen molar-refractivity contribution in [3.05, 3.63) is 50.7 Å². The predicted molar refractivity (Wildman–Crippen MR) is 107 cm³/mol. The monoisotopic (exact) mass is 471 g/mol. The zero-order chi connectivity index (χ0) is 23.8. The van der Waals surface area contributed by atoms with Crippen molar-refractivity contribution in [2.45, 2.75) is 23.7 Å². The number of hydrogen-bond donors (Lipinski definition) is 1. The van der Waals surface area contributed by atoms with Crippen molar-refractivity contribution >= 4 is 23.4 Å². The Morgan fingerprint density at radius 2 is 1.78 bits per heavy atom. The summed E-state index contributed by atoms with van der Waals surface area (Å²) in [5.74, 6) is -1.34. The second-order valence-corrected chi connectivity index (χ2v) is 7.81. The second-order valence-electron chi connectivity index (χ2n) is 6.51. The van der Waals surface area contributed by atoms with Gasteiger partial charge in [-0.3, -0.25) is 18.7 Å². The van der Waals surface area contributed by atoms with Gasteiger partial charge in [0.05, 0.1) is 10.9 Å². The van der Waals surface area contributed by atoms with E-state index in [1.54, 1.807) is 0 Å². The Kier molecular flexibility index (Phi) is 6.11. The molecule has 0 aliphatic heterocycles. The number of halogens is 3. The van der Waals surface area contributed by atoms with Crippen molar-refractivity contribution in [3.8, 4) is 11.4 Å². The van der Waals surface area contributed by atoms with E-state index in [0.717, 1.165) is 33.0 Å². The van der Waals surface area contributed by atoms with Gasteiger partial charge in [-0.05, 0) is 41.6 Å². The van der Waals surface area contributed by atoms with Crippen LogP contribution in [0.3, 0.4) is 0 Å². The van der Waals surface area contributed by atoms with Crippen LogP contribution in [0.25, 0.3) is 5.69 Å². The van der Waals surface area contributed by atoms with Crippen LogP contribution in [0.5, 0.6) is 5.75 Å². The molecular formula is C17H16F3N7O4S. The van der Waals surface area contributed by atoms with Crippen LogP contribution in [0, 0.1) is 0 Å². The zero-order valence-electron chi connectivity index (χ0n) is 16.8. The molecule has 32 heavy (non-hydrogen) atoms. The van der Waals surface area contributed by atoms with Gasteiger partial charge in [-0.15, -0.1) is 18.3 Å². The third kappa shape index (κ3) is 4.51. The van der Waals surface area contributed by atoms with E-state index in [1.807, 2.05) is 0 Å². The lowest BCUT2D eigenvalue weighted by molar-refractivity contribution is -0.274. The van der Waals surface area contributed by atoms with Gasteiger partial charge < -0.3 is 10.5 Å². The SMILES string of the molecule is CC(Sc1nnnn1-c1ccc(OC(F)(F)F)cc1)C(=O)c1c(N)n(C)c(=O)n(C)c1=O. The first-order chi connectivity index (χ1) is 14.9. The fourth-order valence-corrected chi connectivity index (χ4v) is 3.58. The van der Waals surface area contributed by atoms with Crippen molar-refractivity contribution in [3.63, 3.8) is 0 Å². The Morgan fingerprint density at radius 1 is 1.16 bits per heavy atom. The summed E-state index contributed by atoms with van der Waals surface area (Å²) in [6.45, 7) is 1.50. The lowest BCUT2D eigenvalue weighted by Crippen LogP contribution is -2.42. The fourth-order valence-electron chi connectivity index (χ4n) is 2.71.